The highest BCUT2D eigenvalue weighted by molar-refractivity contribution is 6.40. The molecule has 0 aliphatic rings. The minimum atomic E-state index is -0.295. The van der Waals surface area contributed by atoms with E-state index in [1.54, 1.807) is 23.1 Å². The van der Waals surface area contributed by atoms with E-state index in [9.17, 15) is 9.59 Å². The van der Waals surface area contributed by atoms with Gasteiger partial charge in [0.15, 0.2) is 0 Å². The topological polar surface area (TPSA) is 40.6 Å². The van der Waals surface area contributed by atoms with Gasteiger partial charge in [-0.1, -0.05) is 59.6 Å². The van der Waals surface area contributed by atoms with Gasteiger partial charge < -0.3 is 9.80 Å². The Hall–Kier alpha value is -2.04. The predicted octanol–water partition coefficient (Wildman–Crippen LogP) is 4.78. The molecule has 0 spiro atoms. The van der Waals surface area contributed by atoms with Crippen LogP contribution in [0.1, 0.15) is 26.3 Å². The second-order valence-electron chi connectivity index (χ2n) is 6.28. The number of anilines is 1. The lowest BCUT2D eigenvalue weighted by Crippen LogP contribution is -2.45. The molecule has 138 valence electrons. The zero-order valence-electron chi connectivity index (χ0n) is 15.1. The third kappa shape index (κ3) is 4.99. The van der Waals surface area contributed by atoms with E-state index in [0.717, 1.165) is 5.56 Å². The first-order chi connectivity index (χ1) is 12.3. The molecule has 0 radical (unpaired) electrons. The Balaban J connectivity index is 2.26. The first-order valence-corrected chi connectivity index (χ1v) is 9.12. The third-order valence-corrected chi connectivity index (χ3v) is 4.63. The zero-order chi connectivity index (χ0) is 19.3. The Morgan fingerprint density at radius 2 is 1.54 bits per heavy atom. The Kier molecular flexibility index (Phi) is 7.06. The van der Waals surface area contributed by atoms with E-state index in [1.807, 2.05) is 44.2 Å². The fraction of sp³-hybridized carbons (Fsp3) is 0.300. The van der Waals surface area contributed by atoms with Gasteiger partial charge in [-0.25, -0.2) is 0 Å². The third-order valence-electron chi connectivity index (χ3n) is 4.02. The zero-order valence-corrected chi connectivity index (χ0v) is 16.6. The van der Waals surface area contributed by atoms with Crippen molar-refractivity contribution in [3.63, 3.8) is 0 Å². The first kappa shape index (κ1) is 20.3. The lowest BCUT2D eigenvalue weighted by Gasteiger charge is -2.30. The van der Waals surface area contributed by atoms with Crippen molar-refractivity contribution in [2.45, 2.75) is 33.4 Å². The summed E-state index contributed by atoms with van der Waals surface area (Å²) in [5.74, 6) is -0.466. The maximum absolute atomic E-state index is 12.9. The summed E-state index contributed by atoms with van der Waals surface area (Å²) >= 11 is 12.4. The van der Waals surface area contributed by atoms with Crippen LogP contribution in [0.3, 0.4) is 0 Å². The van der Waals surface area contributed by atoms with E-state index in [-0.39, 0.29) is 24.4 Å². The minimum absolute atomic E-state index is 0.0155. The maximum atomic E-state index is 12.9. The molecule has 0 aliphatic carbocycles. The summed E-state index contributed by atoms with van der Waals surface area (Å²) in [4.78, 5) is 28.2. The number of benzene rings is 2. The number of carbonyl (C=O) groups excluding carboxylic acids is 2. The molecule has 2 rings (SSSR count). The average Bonchev–Trinajstić information content (AvgIpc) is 2.59. The van der Waals surface area contributed by atoms with Crippen molar-refractivity contribution in [2.24, 2.45) is 0 Å². The highest BCUT2D eigenvalue weighted by Crippen LogP contribution is 2.33. The van der Waals surface area contributed by atoms with Crippen LogP contribution in [0.5, 0.6) is 0 Å². The average molecular weight is 393 g/mol. The van der Waals surface area contributed by atoms with Crippen molar-refractivity contribution in [1.29, 1.82) is 0 Å². The molecular formula is C20H22Cl2N2O2. The van der Waals surface area contributed by atoms with Gasteiger partial charge in [0.05, 0.1) is 15.7 Å². The number of hydrogen-bond acceptors (Lipinski definition) is 2. The molecule has 0 saturated heterocycles. The quantitative estimate of drug-likeness (QED) is 0.709. The van der Waals surface area contributed by atoms with Gasteiger partial charge in [0.25, 0.3) is 0 Å². The monoisotopic (exact) mass is 392 g/mol. The normalized spacial score (nSPS) is 10.7. The van der Waals surface area contributed by atoms with E-state index in [4.69, 9.17) is 23.2 Å². The molecule has 0 unspecified atom stereocenters. The summed E-state index contributed by atoms with van der Waals surface area (Å²) < 4.78 is 0. The van der Waals surface area contributed by atoms with Crippen molar-refractivity contribution in [1.82, 2.24) is 4.90 Å². The van der Waals surface area contributed by atoms with E-state index < -0.39 is 0 Å². The standard InChI is InChI=1S/C20H22Cl2N2O2/c1-14(2)23(12-16-8-5-4-6-9-16)19(26)13-24(15(3)25)20-17(21)10-7-11-18(20)22/h4-11,14H,12-13H2,1-3H3. The minimum Gasteiger partial charge on any atom is -0.334 e. The first-order valence-electron chi connectivity index (χ1n) is 8.36. The predicted molar refractivity (Wildman–Crippen MR) is 107 cm³/mol. The van der Waals surface area contributed by atoms with Crippen molar-refractivity contribution in [3.8, 4) is 0 Å². The van der Waals surface area contributed by atoms with Crippen LogP contribution in [0.25, 0.3) is 0 Å². The smallest absolute Gasteiger partial charge is 0.243 e. The molecule has 6 heteroatoms. The fourth-order valence-electron chi connectivity index (χ4n) is 2.66. The summed E-state index contributed by atoms with van der Waals surface area (Å²) in [6.07, 6.45) is 0. The van der Waals surface area contributed by atoms with Crippen LogP contribution in [0.2, 0.25) is 10.0 Å². The van der Waals surface area contributed by atoms with Gasteiger partial charge in [0.2, 0.25) is 11.8 Å². The van der Waals surface area contributed by atoms with Crippen LogP contribution >= 0.6 is 23.2 Å². The number of halogens is 2. The second-order valence-corrected chi connectivity index (χ2v) is 7.09. The molecule has 0 atom stereocenters. The Morgan fingerprint density at radius 1 is 0.962 bits per heavy atom. The van der Waals surface area contributed by atoms with Crippen LogP contribution in [0.15, 0.2) is 48.5 Å². The van der Waals surface area contributed by atoms with Gasteiger partial charge in [0, 0.05) is 19.5 Å². The summed E-state index contributed by atoms with van der Waals surface area (Å²) in [7, 11) is 0. The van der Waals surface area contributed by atoms with Crippen LogP contribution in [-0.2, 0) is 16.1 Å². The van der Waals surface area contributed by atoms with E-state index in [1.165, 1.54) is 11.8 Å². The van der Waals surface area contributed by atoms with Crippen molar-refractivity contribution in [3.05, 3.63) is 64.1 Å². The van der Waals surface area contributed by atoms with Gasteiger partial charge >= 0.3 is 0 Å². The van der Waals surface area contributed by atoms with Crippen LogP contribution in [-0.4, -0.2) is 29.3 Å². The molecule has 0 N–H and O–H groups in total. The number of rotatable bonds is 6. The number of hydrogen-bond donors (Lipinski definition) is 0. The SMILES string of the molecule is CC(=O)N(CC(=O)N(Cc1ccccc1)C(C)C)c1c(Cl)cccc1Cl. The lowest BCUT2D eigenvalue weighted by atomic mass is 10.2. The number of nitrogens with zero attached hydrogens (tertiary/aromatic N) is 2. The molecule has 2 amide bonds. The molecule has 0 bridgehead atoms. The van der Waals surface area contributed by atoms with Crippen molar-refractivity contribution in [2.75, 3.05) is 11.4 Å². The molecule has 0 aliphatic heterocycles. The summed E-state index contributed by atoms with van der Waals surface area (Å²) in [5, 5.41) is 0.666. The van der Waals surface area contributed by atoms with Crippen molar-refractivity contribution >= 4 is 40.7 Å². The molecule has 0 saturated carbocycles. The Morgan fingerprint density at radius 3 is 2.04 bits per heavy atom. The molecular weight excluding hydrogens is 371 g/mol. The summed E-state index contributed by atoms with van der Waals surface area (Å²) in [5.41, 5.74) is 1.39. The van der Waals surface area contributed by atoms with E-state index in [2.05, 4.69) is 0 Å². The lowest BCUT2D eigenvalue weighted by molar-refractivity contribution is -0.133. The molecule has 0 fully saturated rings. The number of para-hydroxylation sites is 1. The van der Waals surface area contributed by atoms with Crippen LogP contribution in [0, 0.1) is 0 Å². The molecule has 26 heavy (non-hydrogen) atoms. The molecule has 4 nitrogen and oxygen atoms in total. The Labute approximate surface area is 164 Å². The van der Waals surface area contributed by atoms with E-state index >= 15 is 0 Å². The van der Waals surface area contributed by atoms with Gasteiger partial charge in [-0.2, -0.15) is 0 Å². The fourth-order valence-corrected chi connectivity index (χ4v) is 3.26. The van der Waals surface area contributed by atoms with Gasteiger partial charge in [-0.3, -0.25) is 9.59 Å². The maximum Gasteiger partial charge on any atom is 0.243 e. The largest absolute Gasteiger partial charge is 0.334 e. The van der Waals surface area contributed by atoms with Gasteiger partial charge in [-0.15, -0.1) is 0 Å². The van der Waals surface area contributed by atoms with E-state index in [0.29, 0.717) is 22.3 Å². The number of carbonyl (C=O) groups is 2. The Bertz CT molecular complexity index is 758. The molecule has 2 aromatic carbocycles. The summed E-state index contributed by atoms with van der Waals surface area (Å²) in [6.45, 7) is 5.63. The second kappa shape index (κ2) is 9.06. The number of amides is 2. The molecule has 0 heterocycles. The van der Waals surface area contributed by atoms with Crippen molar-refractivity contribution < 1.29 is 9.59 Å². The highest BCUT2D eigenvalue weighted by atomic mass is 35.5. The highest BCUT2D eigenvalue weighted by Gasteiger charge is 2.25. The summed E-state index contributed by atoms with van der Waals surface area (Å²) in [6, 6.07) is 14.7. The molecule has 0 aromatic heterocycles. The van der Waals surface area contributed by atoms with Crippen LogP contribution < -0.4 is 4.90 Å². The molecule has 2 aromatic rings. The van der Waals surface area contributed by atoms with Gasteiger partial charge in [-0.05, 0) is 31.5 Å². The van der Waals surface area contributed by atoms with Crippen LogP contribution in [0.4, 0.5) is 5.69 Å². The van der Waals surface area contributed by atoms with Gasteiger partial charge in [0.1, 0.15) is 6.54 Å².